The summed E-state index contributed by atoms with van der Waals surface area (Å²) in [7, 11) is 0. The predicted octanol–water partition coefficient (Wildman–Crippen LogP) is 3.17. The van der Waals surface area contributed by atoms with Gasteiger partial charge in [0.2, 0.25) is 0 Å². The van der Waals surface area contributed by atoms with Crippen LogP contribution in [0, 0.1) is 11.6 Å². The Morgan fingerprint density at radius 3 is 2.56 bits per heavy atom. The summed E-state index contributed by atoms with van der Waals surface area (Å²) in [5.41, 5.74) is -0.108. The van der Waals surface area contributed by atoms with Gasteiger partial charge in [0, 0.05) is 12.6 Å². The molecule has 2 atom stereocenters. The number of aliphatic hydroxyl groups is 1. The van der Waals surface area contributed by atoms with Gasteiger partial charge < -0.3 is 10.4 Å². The Balaban J connectivity index is 2.60. The number of halogens is 2. The van der Waals surface area contributed by atoms with Crippen LogP contribution in [0.2, 0.25) is 0 Å². The first-order valence-electron chi connectivity index (χ1n) is 6.26. The number of hydrogen-bond donors (Lipinski definition) is 2. The molecule has 0 saturated carbocycles. The molecular formula is C14H21F2NO. The summed E-state index contributed by atoms with van der Waals surface area (Å²) in [6, 6.07) is 3.71. The average Bonchev–Trinajstić information content (AvgIpc) is 2.30. The molecule has 2 unspecified atom stereocenters. The molecule has 0 bridgehead atoms. The molecule has 0 aliphatic rings. The molecule has 18 heavy (non-hydrogen) atoms. The highest BCUT2D eigenvalue weighted by molar-refractivity contribution is 5.20. The summed E-state index contributed by atoms with van der Waals surface area (Å²) >= 11 is 0. The van der Waals surface area contributed by atoms with Gasteiger partial charge in [-0.25, -0.2) is 8.78 Å². The zero-order valence-electron chi connectivity index (χ0n) is 11.1. The fraction of sp³-hybridized carbons (Fsp3) is 0.571. The van der Waals surface area contributed by atoms with Crippen molar-refractivity contribution < 1.29 is 13.9 Å². The van der Waals surface area contributed by atoms with E-state index in [1.165, 1.54) is 6.07 Å². The van der Waals surface area contributed by atoms with Gasteiger partial charge in [0.15, 0.2) is 11.6 Å². The summed E-state index contributed by atoms with van der Waals surface area (Å²) < 4.78 is 25.9. The van der Waals surface area contributed by atoms with Crippen LogP contribution >= 0.6 is 0 Å². The minimum Gasteiger partial charge on any atom is -0.389 e. The summed E-state index contributed by atoms with van der Waals surface area (Å²) in [5, 5.41) is 13.1. The van der Waals surface area contributed by atoms with Crippen LogP contribution < -0.4 is 5.32 Å². The zero-order chi connectivity index (χ0) is 13.8. The Bertz CT molecular complexity index is 393. The van der Waals surface area contributed by atoms with Gasteiger partial charge in [0.25, 0.3) is 0 Å². The lowest BCUT2D eigenvalue weighted by Gasteiger charge is -2.25. The summed E-state index contributed by atoms with van der Waals surface area (Å²) in [4.78, 5) is 0. The Labute approximate surface area is 107 Å². The van der Waals surface area contributed by atoms with Crippen LogP contribution in [0.5, 0.6) is 0 Å². The van der Waals surface area contributed by atoms with Gasteiger partial charge >= 0.3 is 0 Å². The molecule has 0 aliphatic carbocycles. The normalized spacial score (nSPS) is 16.3. The van der Waals surface area contributed by atoms with Gasteiger partial charge in [-0.05, 0) is 38.0 Å². The van der Waals surface area contributed by atoms with Crippen molar-refractivity contribution >= 4 is 0 Å². The summed E-state index contributed by atoms with van der Waals surface area (Å²) in [5.74, 6) is -1.69. The second-order valence-corrected chi connectivity index (χ2v) is 5.02. The smallest absolute Gasteiger partial charge is 0.159 e. The Morgan fingerprint density at radius 1 is 1.33 bits per heavy atom. The first kappa shape index (κ1) is 15.1. The van der Waals surface area contributed by atoms with Crippen molar-refractivity contribution in [3.8, 4) is 0 Å². The highest BCUT2D eigenvalue weighted by atomic mass is 19.2. The molecule has 0 heterocycles. The quantitative estimate of drug-likeness (QED) is 0.820. The Hall–Kier alpha value is -1.00. The second-order valence-electron chi connectivity index (χ2n) is 5.02. The molecule has 0 aromatic heterocycles. The van der Waals surface area contributed by atoms with E-state index in [-0.39, 0.29) is 6.04 Å². The van der Waals surface area contributed by atoms with Crippen LogP contribution in [0.4, 0.5) is 8.78 Å². The maximum atomic E-state index is 13.1. The molecule has 0 amide bonds. The van der Waals surface area contributed by atoms with Gasteiger partial charge in [-0.15, -0.1) is 0 Å². The first-order valence-corrected chi connectivity index (χ1v) is 6.26. The third-order valence-corrected chi connectivity index (χ3v) is 3.02. The second kappa shape index (κ2) is 6.25. The van der Waals surface area contributed by atoms with Crippen LogP contribution in [0.3, 0.4) is 0 Å². The van der Waals surface area contributed by atoms with Gasteiger partial charge in [0.05, 0.1) is 5.60 Å². The molecule has 0 radical (unpaired) electrons. The standard InChI is InChI=1S/C14H21F2NO/c1-4-7-14(3,18)9-17-10(2)11-5-6-12(15)13(16)8-11/h5-6,8,10,17-18H,4,7,9H2,1-3H3. The molecule has 2 nitrogen and oxygen atoms in total. The Morgan fingerprint density at radius 2 is 2.00 bits per heavy atom. The van der Waals surface area contributed by atoms with E-state index < -0.39 is 17.2 Å². The van der Waals surface area contributed by atoms with E-state index in [1.807, 2.05) is 13.8 Å². The molecule has 2 N–H and O–H groups in total. The van der Waals surface area contributed by atoms with E-state index in [2.05, 4.69) is 5.32 Å². The Kier molecular flexibility index (Phi) is 5.23. The molecular weight excluding hydrogens is 236 g/mol. The van der Waals surface area contributed by atoms with E-state index in [0.717, 1.165) is 12.5 Å². The van der Waals surface area contributed by atoms with Crippen molar-refractivity contribution in [2.24, 2.45) is 0 Å². The topological polar surface area (TPSA) is 32.3 Å². The summed E-state index contributed by atoms with van der Waals surface area (Å²) in [6.45, 7) is 6.05. The zero-order valence-corrected chi connectivity index (χ0v) is 11.1. The van der Waals surface area contributed by atoms with E-state index in [4.69, 9.17) is 0 Å². The lowest BCUT2D eigenvalue weighted by atomic mass is 9.99. The van der Waals surface area contributed by atoms with Crippen LogP contribution in [-0.2, 0) is 0 Å². The molecule has 1 rings (SSSR count). The van der Waals surface area contributed by atoms with E-state index >= 15 is 0 Å². The van der Waals surface area contributed by atoms with Crippen molar-refractivity contribution in [2.75, 3.05) is 6.54 Å². The fourth-order valence-electron chi connectivity index (χ4n) is 1.90. The molecule has 0 aliphatic heterocycles. The molecule has 1 aromatic carbocycles. The van der Waals surface area contributed by atoms with Crippen LogP contribution in [0.1, 0.15) is 45.2 Å². The molecule has 1 aromatic rings. The molecule has 4 heteroatoms. The monoisotopic (exact) mass is 257 g/mol. The van der Waals surface area contributed by atoms with Crippen LogP contribution in [0.25, 0.3) is 0 Å². The van der Waals surface area contributed by atoms with Crippen LogP contribution in [0.15, 0.2) is 18.2 Å². The summed E-state index contributed by atoms with van der Waals surface area (Å²) in [6.07, 6.45) is 1.60. The largest absolute Gasteiger partial charge is 0.389 e. The van der Waals surface area contributed by atoms with E-state index in [9.17, 15) is 13.9 Å². The fourth-order valence-corrected chi connectivity index (χ4v) is 1.90. The van der Waals surface area contributed by atoms with E-state index in [0.29, 0.717) is 18.5 Å². The van der Waals surface area contributed by atoms with Gasteiger partial charge in [-0.1, -0.05) is 19.4 Å². The number of benzene rings is 1. The SMILES string of the molecule is CCCC(C)(O)CNC(C)c1ccc(F)c(F)c1. The van der Waals surface area contributed by atoms with Crippen molar-refractivity contribution in [1.29, 1.82) is 0 Å². The van der Waals surface area contributed by atoms with Crippen LogP contribution in [-0.4, -0.2) is 17.3 Å². The van der Waals surface area contributed by atoms with Gasteiger partial charge in [-0.2, -0.15) is 0 Å². The minimum atomic E-state index is -0.846. The minimum absolute atomic E-state index is 0.136. The average molecular weight is 257 g/mol. The first-order chi connectivity index (χ1) is 8.35. The molecule has 0 saturated heterocycles. The van der Waals surface area contributed by atoms with Crippen molar-refractivity contribution in [1.82, 2.24) is 5.32 Å². The van der Waals surface area contributed by atoms with Crippen molar-refractivity contribution in [3.05, 3.63) is 35.4 Å². The van der Waals surface area contributed by atoms with Crippen molar-refractivity contribution in [3.63, 3.8) is 0 Å². The van der Waals surface area contributed by atoms with Gasteiger partial charge in [0.1, 0.15) is 0 Å². The molecule has 0 fully saturated rings. The highest BCUT2D eigenvalue weighted by Gasteiger charge is 2.20. The third-order valence-electron chi connectivity index (χ3n) is 3.02. The highest BCUT2D eigenvalue weighted by Crippen LogP contribution is 2.17. The third kappa shape index (κ3) is 4.35. The van der Waals surface area contributed by atoms with E-state index in [1.54, 1.807) is 13.0 Å². The maximum absolute atomic E-state index is 13.1. The predicted molar refractivity (Wildman–Crippen MR) is 68.3 cm³/mol. The maximum Gasteiger partial charge on any atom is 0.159 e. The lowest BCUT2D eigenvalue weighted by molar-refractivity contribution is 0.0476. The number of nitrogens with one attached hydrogen (secondary N) is 1. The number of hydrogen-bond acceptors (Lipinski definition) is 2. The molecule has 102 valence electrons. The van der Waals surface area contributed by atoms with Crippen molar-refractivity contribution in [2.45, 2.75) is 45.3 Å². The number of rotatable bonds is 6. The van der Waals surface area contributed by atoms with Gasteiger partial charge in [-0.3, -0.25) is 0 Å². The lowest BCUT2D eigenvalue weighted by Crippen LogP contribution is -2.38. The molecule has 0 spiro atoms.